The van der Waals surface area contributed by atoms with Crippen LogP contribution in [-0.2, 0) is 16.0 Å². The van der Waals surface area contributed by atoms with Gasteiger partial charge in [-0.3, -0.25) is 9.59 Å². The molecule has 5 nitrogen and oxygen atoms in total. The topological polar surface area (TPSA) is 61.4 Å². The number of rotatable bonds is 9. The zero-order chi connectivity index (χ0) is 22.2. The smallest absolute Gasteiger partial charge is 0.246 e. The molecular formula is C25H32FN3O2. The minimum absolute atomic E-state index is 0.205. The van der Waals surface area contributed by atoms with Gasteiger partial charge >= 0.3 is 0 Å². The van der Waals surface area contributed by atoms with E-state index in [9.17, 15) is 14.0 Å². The maximum absolute atomic E-state index is 13.4. The van der Waals surface area contributed by atoms with Crippen LogP contribution in [0.25, 0.3) is 0 Å². The van der Waals surface area contributed by atoms with E-state index in [4.69, 9.17) is 0 Å². The lowest BCUT2D eigenvalue weighted by atomic mass is 9.99. The molecule has 0 spiro atoms. The van der Waals surface area contributed by atoms with Crippen LogP contribution in [-0.4, -0.2) is 30.9 Å². The molecule has 3 rings (SSSR count). The normalized spacial score (nSPS) is 15.4. The van der Waals surface area contributed by atoms with Gasteiger partial charge in [0.2, 0.25) is 11.8 Å². The summed E-state index contributed by atoms with van der Waals surface area (Å²) in [7, 11) is 0. The van der Waals surface area contributed by atoms with Crippen molar-refractivity contribution in [2.24, 2.45) is 5.92 Å². The fourth-order valence-electron chi connectivity index (χ4n) is 3.97. The molecule has 0 aliphatic carbocycles. The van der Waals surface area contributed by atoms with Crippen molar-refractivity contribution in [3.63, 3.8) is 0 Å². The lowest BCUT2D eigenvalue weighted by molar-refractivity contribution is -0.129. The number of halogens is 1. The average molecular weight is 426 g/mol. The van der Waals surface area contributed by atoms with E-state index in [-0.39, 0.29) is 23.5 Å². The third-order valence-electron chi connectivity index (χ3n) is 5.67. The van der Waals surface area contributed by atoms with Crippen molar-refractivity contribution in [1.82, 2.24) is 5.32 Å². The predicted octanol–water partition coefficient (Wildman–Crippen LogP) is 4.53. The first kappa shape index (κ1) is 22.8. The second-order valence-corrected chi connectivity index (χ2v) is 8.32. The fraction of sp³-hybridized carbons (Fsp3) is 0.440. The molecule has 2 atom stereocenters. The zero-order valence-electron chi connectivity index (χ0n) is 18.4. The Morgan fingerprint density at radius 2 is 1.81 bits per heavy atom. The van der Waals surface area contributed by atoms with Gasteiger partial charge in [-0.1, -0.05) is 38.5 Å². The third-order valence-corrected chi connectivity index (χ3v) is 5.67. The summed E-state index contributed by atoms with van der Waals surface area (Å²) in [5, 5.41) is 5.85. The summed E-state index contributed by atoms with van der Waals surface area (Å²) < 4.78 is 13.4. The number of benzene rings is 2. The molecule has 0 aromatic heterocycles. The first-order valence-corrected chi connectivity index (χ1v) is 11.2. The van der Waals surface area contributed by atoms with Gasteiger partial charge in [0, 0.05) is 30.4 Å². The molecule has 1 heterocycles. The van der Waals surface area contributed by atoms with Crippen molar-refractivity contribution in [3.05, 3.63) is 59.9 Å². The van der Waals surface area contributed by atoms with Gasteiger partial charge in [0.25, 0.3) is 0 Å². The van der Waals surface area contributed by atoms with Crippen LogP contribution in [0.5, 0.6) is 0 Å². The van der Waals surface area contributed by atoms with Gasteiger partial charge in [-0.25, -0.2) is 4.39 Å². The molecule has 31 heavy (non-hydrogen) atoms. The molecule has 1 fully saturated rings. The number of carbonyl (C=O) groups is 2. The van der Waals surface area contributed by atoms with E-state index < -0.39 is 6.04 Å². The highest BCUT2D eigenvalue weighted by Gasteiger charge is 2.23. The number of nitrogens with one attached hydrogen (secondary N) is 2. The van der Waals surface area contributed by atoms with E-state index >= 15 is 0 Å². The molecule has 2 unspecified atom stereocenters. The summed E-state index contributed by atoms with van der Waals surface area (Å²) in [5.41, 5.74) is 2.60. The van der Waals surface area contributed by atoms with Gasteiger partial charge in [0.05, 0.1) is 0 Å². The standard InChI is InChI=1S/C25H32FN3O2/c1-3-8-23(28-24(30)18(2)15-19-9-6-10-20(26)16-19)25(31)27-21-11-7-12-22(17-21)29-13-4-5-14-29/h6-7,9-12,16-18,23H,3-5,8,13-15H2,1-2H3,(H,27,31)(H,28,30). The Bertz CT molecular complexity index is 896. The first-order chi connectivity index (χ1) is 15.0. The summed E-state index contributed by atoms with van der Waals surface area (Å²) in [6, 6.07) is 13.5. The van der Waals surface area contributed by atoms with E-state index in [0.29, 0.717) is 12.8 Å². The summed E-state index contributed by atoms with van der Waals surface area (Å²) in [5.74, 6) is -1.10. The number of amides is 2. The lowest BCUT2D eigenvalue weighted by Crippen LogP contribution is -2.45. The number of anilines is 2. The number of hydrogen-bond donors (Lipinski definition) is 2. The summed E-state index contributed by atoms with van der Waals surface area (Å²) in [6.07, 6.45) is 4.12. The van der Waals surface area contributed by atoms with Crippen LogP contribution in [0.4, 0.5) is 15.8 Å². The van der Waals surface area contributed by atoms with Gasteiger partial charge < -0.3 is 15.5 Å². The van der Waals surface area contributed by atoms with Crippen LogP contribution >= 0.6 is 0 Å². The van der Waals surface area contributed by atoms with Crippen LogP contribution < -0.4 is 15.5 Å². The molecule has 1 aliphatic heterocycles. The van der Waals surface area contributed by atoms with Crippen molar-refractivity contribution in [2.45, 2.75) is 52.0 Å². The quantitative estimate of drug-likeness (QED) is 0.621. The molecule has 2 aromatic rings. The Labute approximate surface area is 184 Å². The fourth-order valence-corrected chi connectivity index (χ4v) is 3.97. The summed E-state index contributed by atoms with van der Waals surface area (Å²) >= 11 is 0. The Kier molecular flexibility index (Phi) is 8.04. The molecule has 1 aliphatic rings. The largest absolute Gasteiger partial charge is 0.371 e. The number of hydrogen-bond acceptors (Lipinski definition) is 3. The third kappa shape index (κ3) is 6.54. The van der Waals surface area contributed by atoms with Gasteiger partial charge in [0.15, 0.2) is 0 Å². The maximum Gasteiger partial charge on any atom is 0.246 e. The Balaban J connectivity index is 1.60. The minimum atomic E-state index is -0.608. The van der Waals surface area contributed by atoms with Crippen molar-refractivity contribution >= 4 is 23.2 Å². The number of carbonyl (C=O) groups excluding carboxylic acids is 2. The first-order valence-electron chi connectivity index (χ1n) is 11.2. The molecule has 0 bridgehead atoms. The molecule has 0 radical (unpaired) electrons. The highest BCUT2D eigenvalue weighted by molar-refractivity contribution is 5.97. The average Bonchev–Trinajstić information content (AvgIpc) is 3.28. The van der Waals surface area contributed by atoms with E-state index in [1.807, 2.05) is 25.1 Å². The lowest BCUT2D eigenvalue weighted by Gasteiger charge is -2.22. The van der Waals surface area contributed by atoms with Gasteiger partial charge in [-0.15, -0.1) is 0 Å². The second-order valence-electron chi connectivity index (χ2n) is 8.32. The van der Waals surface area contributed by atoms with Gasteiger partial charge in [-0.05, 0) is 61.6 Å². The number of nitrogens with zero attached hydrogens (tertiary/aromatic N) is 1. The van der Waals surface area contributed by atoms with Crippen LogP contribution in [0.3, 0.4) is 0 Å². The van der Waals surface area contributed by atoms with Crippen molar-refractivity contribution in [1.29, 1.82) is 0 Å². The highest BCUT2D eigenvalue weighted by Crippen LogP contribution is 2.23. The SMILES string of the molecule is CCCC(NC(=O)C(C)Cc1cccc(F)c1)C(=O)Nc1cccc(N2CCCC2)c1. The zero-order valence-corrected chi connectivity index (χ0v) is 18.4. The van der Waals surface area contributed by atoms with Crippen LogP contribution in [0.1, 0.15) is 45.1 Å². The van der Waals surface area contributed by atoms with Crippen LogP contribution in [0.15, 0.2) is 48.5 Å². The van der Waals surface area contributed by atoms with Gasteiger partial charge in [0.1, 0.15) is 11.9 Å². The summed E-state index contributed by atoms with van der Waals surface area (Å²) in [4.78, 5) is 27.9. The molecule has 0 saturated carbocycles. The van der Waals surface area contributed by atoms with Crippen LogP contribution in [0.2, 0.25) is 0 Å². The summed E-state index contributed by atoms with van der Waals surface area (Å²) in [6.45, 7) is 5.85. The molecule has 2 aromatic carbocycles. The van der Waals surface area contributed by atoms with Crippen molar-refractivity contribution in [3.8, 4) is 0 Å². The molecule has 6 heteroatoms. The second kappa shape index (κ2) is 10.9. The predicted molar refractivity (Wildman–Crippen MR) is 123 cm³/mol. The Hall–Kier alpha value is -2.89. The van der Waals surface area contributed by atoms with E-state index in [1.165, 1.54) is 25.0 Å². The van der Waals surface area contributed by atoms with Gasteiger partial charge in [-0.2, -0.15) is 0 Å². The highest BCUT2D eigenvalue weighted by atomic mass is 19.1. The maximum atomic E-state index is 13.4. The molecule has 1 saturated heterocycles. The molecule has 2 amide bonds. The Morgan fingerprint density at radius 3 is 2.52 bits per heavy atom. The molecular weight excluding hydrogens is 393 g/mol. The van der Waals surface area contributed by atoms with E-state index in [0.717, 1.165) is 36.4 Å². The molecule has 2 N–H and O–H groups in total. The van der Waals surface area contributed by atoms with E-state index in [2.05, 4.69) is 21.6 Å². The Morgan fingerprint density at radius 1 is 1.06 bits per heavy atom. The van der Waals surface area contributed by atoms with E-state index in [1.54, 1.807) is 19.1 Å². The monoisotopic (exact) mass is 425 g/mol. The van der Waals surface area contributed by atoms with Crippen LogP contribution in [0, 0.1) is 11.7 Å². The molecule has 166 valence electrons. The van der Waals surface area contributed by atoms with Crippen molar-refractivity contribution in [2.75, 3.05) is 23.3 Å². The van der Waals surface area contributed by atoms with Crippen molar-refractivity contribution < 1.29 is 14.0 Å². The minimum Gasteiger partial charge on any atom is -0.371 e.